The third kappa shape index (κ3) is 3.32. The van der Waals surface area contributed by atoms with E-state index in [0.29, 0.717) is 6.61 Å². The van der Waals surface area contributed by atoms with Gasteiger partial charge in [-0.25, -0.2) is 9.67 Å². The average Bonchev–Trinajstić information content (AvgIpc) is 2.85. The molecule has 0 saturated heterocycles. The fourth-order valence-electron chi connectivity index (χ4n) is 1.84. The van der Waals surface area contributed by atoms with Crippen LogP contribution in [0.3, 0.4) is 0 Å². The van der Waals surface area contributed by atoms with Gasteiger partial charge in [0.15, 0.2) is 5.82 Å². The van der Waals surface area contributed by atoms with Crippen LogP contribution < -0.4 is 10.5 Å². The molecule has 0 amide bonds. The number of rotatable bonds is 5. The molecule has 0 aliphatic rings. The van der Waals surface area contributed by atoms with Gasteiger partial charge in [-0.15, -0.1) is 0 Å². The highest BCUT2D eigenvalue weighted by atomic mass is 16.5. The Hall–Kier alpha value is -1.88. The van der Waals surface area contributed by atoms with E-state index in [0.717, 1.165) is 17.1 Å². The van der Waals surface area contributed by atoms with Crippen LogP contribution in [-0.4, -0.2) is 14.8 Å². The summed E-state index contributed by atoms with van der Waals surface area (Å²) < 4.78 is 7.61. The minimum atomic E-state index is 0.00265. The van der Waals surface area contributed by atoms with Gasteiger partial charge in [0.05, 0.1) is 0 Å². The maximum Gasteiger partial charge on any atom is 0.165 e. The summed E-state index contributed by atoms with van der Waals surface area (Å²) in [6.07, 6.45) is 1.55. The van der Waals surface area contributed by atoms with Gasteiger partial charge >= 0.3 is 0 Å². The van der Waals surface area contributed by atoms with E-state index in [-0.39, 0.29) is 12.1 Å². The molecule has 0 unspecified atom stereocenters. The summed E-state index contributed by atoms with van der Waals surface area (Å²) in [4.78, 5) is 4.21. The number of nitrogens with zero attached hydrogens (tertiary/aromatic N) is 3. The van der Waals surface area contributed by atoms with Gasteiger partial charge in [0, 0.05) is 12.1 Å². The van der Waals surface area contributed by atoms with Gasteiger partial charge in [-0.2, -0.15) is 5.10 Å². The molecular formula is C14H20N4O. The molecule has 0 aliphatic heterocycles. The van der Waals surface area contributed by atoms with Crippen molar-refractivity contribution in [2.45, 2.75) is 39.5 Å². The zero-order valence-corrected chi connectivity index (χ0v) is 11.6. The molecule has 0 fully saturated rings. The number of ether oxygens (including phenoxy) is 1. The topological polar surface area (TPSA) is 66.0 Å². The molecule has 1 atom stereocenters. The van der Waals surface area contributed by atoms with Gasteiger partial charge < -0.3 is 10.5 Å². The SMILES string of the molecule is CC(C)n1ncnc1COc1cccc([C@H](C)N)c1. The van der Waals surface area contributed by atoms with E-state index in [4.69, 9.17) is 10.5 Å². The molecule has 0 saturated carbocycles. The van der Waals surface area contributed by atoms with Crippen molar-refractivity contribution in [1.29, 1.82) is 0 Å². The monoisotopic (exact) mass is 260 g/mol. The standard InChI is InChI=1S/C14H20N4O/c1-10(2)18-14(16-9-17-18)8-19-13-6-4-5-12(7-13)11(3)15/h4-7,9-11H,8,15H2,1-3H3/t11-/m0/s1. The smallest absolute Gasteiger partial charge is 0.165 e. The highest BCUT2D eigenvalue weighted by Gasteiger charge is 2.08. The summed E-state index contributed by atoms with van der Waals surface area (Å²) in [7, 11) is 0. The van der Waals surface area contributed by atoms with Crippen molar-refractivity contribution in [3.8, 4) is 5.75 Å². The van der Waals surface area contributed by atoms with Crippen LogP contribution in [0, 0.1) is 0 Å². The molecule has 2 rings (SSSR count). The van der Waals surface area contributed by atoms with E-state index in [1.807, 2.05) is 35.9 Å². The Kier molecular flexibility index (Phi) is 4.16. The second kappa shape index (κ2) is 5.84. The second-order valence-electron chi connectivity index (χ2n) is 4.86. The van der Waals surface area contributed by atoms with E-state index in [1.165, 1.54) is 0 Å². The largest absolute Gasteiger partial charge is 0.486 e. The zero-order valence-electron chi connectivity index (χ0n) is 11.6. The molecule has 1 heterocycles. The summed E-state index contributed by atoms with van der Waals surface area (Å²) in [5.41, 5.74) is 6.91. The molecule has 19 heavy (non-hydrogen) atoms. The molecule has 2 N–H and O–H groups in total. The molecular weight excluding hydrogens is 240 g/mol. The van der Waals surface area contributed by atoms with E-state index < -0.39 is 0 Å². The zero-order chi connectivity index (χ0) is 13.8. The molecule has 5 heteroatoms. The molecule has 0 spiro atoms. The van der Waals surface area contributed by atoms with Crippen LogP contribution in [0.4, 0.5) is 0 Å². The third-order valence-electron chi connectivity index (χ3n) is 2.89. The van der Waals surface area contributed by atoms with Crippen LogP contribution in [0.15, 0.2) is 30.6 Å². The molecule has 1 aromatic heterocycles. The van der Waals surface area contributed by atoms with E-state index in [2.05, 4.69) is 23.9 Å². The lowest BCUT2D eigenvalue weighted by atomic mass is 10.1. The second-order valence-corrected chi connectivity index (χ2v) is 4.86. The molecule has 102 valence electrons. The lowest BCUT2D eigenvalue weighted by molar-refractivity contribution is 0.282. The molecule has 5 nitrogen and oxygen atoms in total. The fourth-order valence-corrected chi connectivity index (χ4v) is 1.84. The third-order valence-corrected chi connectivity index (χ3v) is 2.89. The van der Waals surface area contributed by atoms with Crippen LogP contribution in [0.5, 0.6) is 5.75 Å². The van der Waals surface area contributed by atoms with E-state index in [1.54, 1.807) is 6.33 Å². The first-order valence-corrected chi connectivity index (χ1v) is 6.44. The molecule has 0 bridgehead atoms. The molecule has 0 radical (unpaired) electrons. The molecule has 2 aromatic rings. The first-order chi connectivity index (χ1) is 9.08. The van der Waals surface area contributed by atoms with E-state index >= 15 is 0 Å². The normalized spacial score (nSPS) is 12.7. The van der Waals surface area contributed by atoms with Crippen LogP contribution in [0.25, 0.3) is 0 Å². The Balaban J connectivity index is 2.06. The Morgan fingerprint density at radius 1 is 1.32 bits per heavy atom. The lowest BCUT2D eigenvalue weighted by Gasteiger charge is -2.12. The van der Waals surface area contributed by atoms with Crippen molar-refractivity contribution in [1.82, 2.24) is 14.8 Å². The quantitative estimate of drug-likeness (QED) is 0.896. The van der Waals surface area contributed by atoms with Crippen molar-refractivity contribution >= 4 is 0 Å². The Morgan fingerprint density at radius 3 is 2.79 bits per heavy atom. The van der Waals surface area contributed by atoms with Crippen LogP contribution in [-0.2, 0) is 6.61 Å². The number of hydrogen-bond acceptors (Lipinski definition) is 4. The van der Waals surface area contributed by atoms with Crippen molar-refractivity contribution in [2.24, 2.45) is 5.73 Å². The molecule has 0 aliphatic carbocycles. The summed E-state index contributed by atoms with van der Waals surface area (Å²) in [5, 5.41) is 4.18. The van der Waals surface area contributed by atoms with Crippen molar-refractivity contribution in [3.63, 3.8) is 0 Å². The summed E-state index contributed by atoms with van der Waals surface area (Å²) >= 11 is 0. The van der Waals surface area contributed by atoms with Gasteiger partial charge in [-0.1, -0.05) is 12.1 Å². The summed E-state index contributed by atoms with van der Waals surface area (Å²) in [6.45, 7) is 6.49. The molecule has 1 aromatic carbocycles. The average molecular weight is 260 g/mol. The van der Waals surface area contributed by atoms with Crippen molar-refractivity contribution < 1.29 is 4.74 Å². The maximum absolute atomic E-state index is 5.86. The highest BCUT2D eigenvalue weighted by molar-refractivity contribution is 5.30. The Morgan fingerprint density at radius 2 is 2.11 bits per heavy atom. The van der Waals surface area contributed by atoms with Crippen molar-refractivity contribution in [2.75, 3.05) is 0 Å². The number of aromatic nitrogens is 3. The number of hydrogen-bond donors (Lipinski definition) is 1. The number of nitrogens with two attached hydrogens (primary N) is 1. The van der Waals surface area contributed by atoms with Gasteiger partial charge in [0.2, 0.25) is 0 Å². The van der Waals surface area contributed by atoms with Crippen LogP contribution in [0.2, 0.25) is 0 Å². The predicted molar refractivity (Wildman–Crippen MR) is 73.8 cm³/mol. The minimum Gasteiger partial charge on any atom is -0.486 e. The predicted octanol–water partition coefficient (Wildman–Crippen LogP) is 2.46. The van der Waals surface area contributed by atoms with Gasteiger partial charge in [-0.3, -0.25) is 0 Å². The van der Waals surface area contributed by atoms with Crippen molar-refractivity contribution in [3.05, 3.63) is 42.0 Å². The van der Waals surface area contributed by atoms with Crippen LogP contribution >= 0.6 is 0 Å². The Bertz CT molecular complexity index is 534. The first-order valence-electron chi connectivity index (χ1n) is 6.44. The summed E-state index contributed by atoms with van der Waals surface area (Å²) in [6, 6.07) is 8.09. The van der Waals surface area contributed by atoms with Gasteiger partial charge in [0.1, 0.15) is 18.7 Å². The van der Waals surface area contributed by atoms with E-state index in [9.17, 15) is 0 Å². The highest BCUT2D eigenvalue weighted by Crippen LogP contribution is 2.18. The minimum absolute atomic E-state index is 0.00265. The van der Waals surface area contributed by atoms with Gasteiger partial charge in [-0.05, 0) is 38.5 Å². The number of benzene rings is 1. The maximum atomic E-state index is 5.86. The van der Waals surface area contributed by atoms with Crippen LogP contribution in [0.1, 0.15) is 44.2 Å². The van der Waals surface area contributed by atoms with Gasteiger partial charge in [0.25, 0.3) is 0 Å². The summed E-state index contributed by atoms with van der Waals surface area (Å²) in [5.74, 6) is 1.62. The Labute approximate surface area is 113 Å². The fraction of sp³-hybridized carbons (Fsp3) is 0.429. The first kappa shape index (κ1) is 13.5. The lowest BCUT2D eigenvalue weighted by Crippen LogP contribution is -2.11.